The van der Waals surface area contributed by atoms with Crippen molar-refractivity contribution in [2.45, 2.75) is 6.54 Å². The smallest absolute Gasteiger partial charge is 0.195 e. The molecule has 0 atom stereocenters. The fourth-order valence-corrected chi connectivity index (χ4v) is 2.76. The molecule has 6 heteroatoms. The van der Waals surface area contributed by atoms with E-state index in [2.05, 4.69) is 58.1 Å². The molecule has 0 fully saturated rings. The number of aliphatic imine (C=N–C) groups is 1. The van der Waals surface area contributed by atoms with Gasteiger partial charge in [0.05, 0.1) is 14.2 Å². The monoisotopic (exact) mass is 477 g/mol. The number of guanidine groups is 1. The number of ether oxygens (including phenoxy) is 2. The molecule has 0 aliphatic carbocycles. The summed E-state index contributed by atoms with van der Waals surface area (Å²) in [7, 11) is 4.99. The van der Waals surface area contributed by atoms with Gasteiger partial charge in [0.1, 0.15) is 0 Å². The molecule has 0 unspecified atom stereocenters. The predicted octanol–water partition coefficient (Wildman–Crippen LogP) is 4.66. The number of hydrogen-bond donors (Lipinski definition) is 2. The van der Waals surface area contributed by atoms with Crippen molar-refractivity contribution < 1.29 is 9.47 Å². The van der Waals surface area contributed by atoms with Crippen LogP contribution in [0.25, 0.3) is 10.8 Å². The lowest BCUT2D eigenvalue weighted by Crippen LogP contribution is -2.30. The summed E-state index contributed by atoms with van der Waals surface area (Å²) in [5.74, 6) is 2.05. The third-order valence-electron chi connectivity index (χ3n) is 4.14. The fourth-order valence-electron chi connectivity index (χ4n) is 2.76. The average molecular weight is 477 g/mol. The summed E-state index contributed by atoms with van der Waals surface area (Å²) >= 11 is 0. The summed E-state index contributed by atoms with van der Waals surface area (Å²) in [6, 6.07) is 20.4. The molecule has 5 nitrogen and oxygen atoms in total. The van der Waals surface area contributed by atoms with Crippen molar-refractivity contribution >= 4 is 46.4 Å². The first-order valence-electron chi connectivity index (χ1n) is 8.41. The van der Waals surface area contributed by atoms with Gasteiger partial charge >= 0.3 is 0 Å². The number of anilines is 1. The summed E-state index contributed by atoms with van der Waals surface area (Å²) in [4.78, 5) is 4.28. The molecular formula is C21H24IN3O2. The van der Waals surface area contributed by atoms with Crippen LogP contribution in [0.1, 0.15) is 5.56 Å². The van der Waals surface area contributed by atoms with Crippen molar-refractivity contribution in [1.82, 2.24) is 5.32 Å². The van der Waals surface area contributed by atoms with E-state index in [0.29, 0.717) is 24.0 Å². The summed E-state index contributed by atoms with van der Waals surface area (Å²) in [5, 5.41) is 9.07. The van der Waals surface area contributed by atoms with E-state index in [4.69, 9.17) is 9.47 Å². The standard InChI is InChI=1S/C21H23N3O2.HI/c1-22-21(24-18-10-11-19(25-2)20(13-18)26-3)23-14-15-8-9-16-6-4-5-7-17(16)12-15;/h4-13H,14H2,1-3H3,(H2,22,23,24);1H. The number of rotatable bonds is 5. The molecule has 3 aromatic rings. The lowest BCUT2D eigenvalue weighted by molar-refractivity contribution is 0.355. The second-order valence-electron chi connectivity index (χ2n) is 5.80. The highest BCUT2D eigenvalue weighted by atomic mass is 127. The Labute approximate surface area is 176 Å². The van der Waals surface area contributed by atoms with Gasteiger partial charge in [-0.05, 0) is 34.5 Å². The van der Waals surface area contributed by atoms with Gasteiger partial charge in [0.25, 0.3) is 0 Å². The van der Waals surface area contributed by atoms with Gasteiger partial charge in [-0.15, -0.1) is 24.0 Å². The molecule has 0 spiro atoms. The average Bonchev–Trinajstić information content (AvgIpc) is 2.70. The molecule has 0 aromatic heterocycles. The molecule has 0 saturated heterocycles. The van der Waals surface area contributed by atoms with Gasteiger partial charge in [0.15, 0.2) is 17.5 Å². The Morgan fingerprint density at radius 2 is 1.63 bits per heavy atom. The first kappa shape index (κ1) is 20.8. The lowest BCUT2D eigenvalue weighted by atomic mass is 10.1. The van der Waals surface area contributed by atoms with Gasteiger partial charge in [0, 0.05) is 25.3 Å². The minimum Gasteiger partial charge on any atom is -0.493 e. The maximum atomic E-state index is 5.34. The van der Waals surface area contributed by atoms with Crippen LogP contribution in [-0.2, 0) is 6.54 Å². The SMILES string of the molecule is CN=C(NCc1ccc2ccccc2c1)Nc1ccc(OC)c(OC)c1.I. The normalized spacial score (nSPS) is 10.9. The third kappa shape index (κ3) is 5.26. The van der Waals surface area contributed by atoms with Crippen molar-refractivity contribution in [3.05, 3.63) is 66.2 Å². The highest BCUT2D eigenvalue weighted by molar-refractivity contribution is 14.0. The number of halogens is 1. The number of hydrogen-bond acceptors (Lipinski definition) is 3. The Balaban J connectivity index is 0.00000261. The summed E-state index contributed by atoms with van der Waals surface area (Å²) in [5.41, 5.74) is 2.06. The maximum Gasteiger partial charge on any atom is 0.195 e. The second-order valence-corrected chi connectivity index (χ2v) is 5.80. The number of nitrogens with zero attached hydrogens (tertiary/aromatic N) is 1. The molecular weight excluding hydrogens is 453 g/mol. The molecule has 3 rings (SSSR count). The van der Waals surface area contributed by atoms with Crippen LogP contribution in [-0.4, -0.2) is 27.2 Å². The maximum absolute atomic E-state index is 5.34. The zero-order valence-electron chi connectivity index (χ0n) is 15.7. The van der Waals surface area contributed by atoms with Gasteiger partial charge in [-0.25, -0.2) is 0 Å². The molecule has 27 heavy (non-hydrogen) atoms. The van der Waals surface area contributed by atoms with Crippen LogP contribution in [0.4, 0.5) is 5.69 Å². The van der Waals surface area contributed by atoms with Gasteiger partial charge in [0.2, 0.25) is 0 Å². The molecule has 0 saturated carbocycles. The van der Waals surface area contributed by atoms with E-state index < -0.39 is 0 Å². The zero-order chi connectivity index (χ0) is 18.4. The zero-order valence-corrected chi connectivity index (χ0v) is 18.0. The van der Waals surface area contributed by atoms with E-state index in [9.17, 15) is 0 Å². The highest BCUT2D eigenvalue weighted by Gasteiger charge is 2.06. The van der Waals surface area contributed by atoms with E-state index in [0.717, 1.165) is 5.69 Å². The fraction of sp³-hybridized carbons (Fsp3) is 0.190. The highest BCUT2D eigenvalue weighted by Crippen LogP contribution is 2.29. The Kier molecular flexibility index (Phi) is 7.72. The minimum atomic E-state index is 0. The predicted molar refractivity (Wildman–Crippen MR) is 123 cm³/mol. The molecule has 0 aliphatic rings. The summed E-state index contributed by atoms with van der Waals surface area (Å²) in [6.45, 7) is 0.678. The molecule has 0 radical (unpaired) electrons. The molecule has 142 valence electrons. The number of fused-ring (bicyclic) bond motifs is 1. The Hall–Kier alpha value is -2.48. The first-order chi connectivity index (χ1) is 12.7. The molecule has 0 bridgehead atoms. The van der Waals surface area contributed by atoms with Crippen LogP contribution in [0.15, 0.2) is 65.7 Å². The second kappa shape index (κ2) is 10.0. The van der Waals surface area contributed by atoms with Crippen LogP contribution in [0.3, 0.4) is 0 Å². The van der Waals surface area contributed by atoms with Crippen molar-refractivity contribution in [2.75, 3.05) is 26.6 Å². The molecule has 3 aromatic carbocycles. The first-order valence-corrected chi connectivity index (χ1v) is 8.41. The van der Waals surface area contributed by atoms with Crippen LogP contribution in [0, 0.1) is 0 Å². The van der Waals surface area contributed by atoms with Gasteiger partial charge in [-0.1, -0.05) is 36.4 Å². The molecule has 0 heterocycles. The summed E-state index contributed by atoms with van der Waals surface area (Å²) in [6.07, 6.45) is 0. The van der Waals surface area contributed by atoms with E-state index in [1.54, 1.807) is 21.3 Å². The van der Waals surface area contributed by atoms with Crippen molar-refractivity contribution in [1.29, 1.82) is 0 Å². The van der Waals surface area contributed by atoms with Crippen molar-refractivity contribution in [2.24, 2.45) is 4.99 Å². The Bertz CT molecular complexity index is 928. The molecule has 0 aliphatic heterocycles. The third-order valence-corrected chi connectivity index (χ3v) is 4.14. The number of nitrogens with one attached hydrogen (secondary N) is 2. The Morgan fingerprint density at radius 3 is 2.33 bits per heavy atom. The van der Waals surface area contributed by atoms with Crippen molar-refractivity contribution in [3.8, 4) is 11.5 Å². The van der Waals surface area contributed by atoms with E-state index in [1.807, 2.05) is 18.2 Å². The topological polar surface area (TPSA) is 54.9 Å². The largest absolute Gasteiger partial charge is 0.493 e. The van der Waals surface area contributed by atoms with Gasteiger partial charge < -0.3 is 20.1 Å². The van der Waals surface area contributed by atoms with Crippen LogP contribution in [0.2, 0.25) is 0 Å². The molecule has 2 N–H and O–H groups in total. The number of methoxy groups -OCH3 is 2. The van der Waals surface area contributed by atoms with Crippen molar-refractivity contribution in [3.63, 3.8) is 0 Å². The van der Waals surface area contributed by atoms with Crippen LogP contribution in [0.5, 0.6) is 11.5 Å². The summed E-state index contributed by atoms with van der Waals surface area (Å²) < 4.78 is 10.6. The Morgan fingerprint density at radius 1 is 0.889 bits per heavy atom. The van der Waals surface area contributed by atoms with Gasteiger partial charge in [-0.2, -0.15) is 0 Å². The van der Waals surface area contributed by atoms with Gasteiger partial charge in [-0.3, -0.25) is 4.99 Å². The molecule has 0 amide bonds. The van der Waals surface area contributed by atoms with E-state index in [1.165, 1.54) is 16.3 Å². The van der Waals surface area contributed by atoms with Crippen LogP contribution >= 0.6 is 24.0 Å². The van der Waals surface area contributed by atoms with Crippen LogP contribution < -0.4 is 20.1 Å². The number of benzene rings is 3. The van der Waals surface area contributed by atoms with E-state index >= 15 is 0 Å². The minimum absolute atomic E-state index is 0. The lowest BCUT2D eigenvalue weighted by Gasteiger charge is -2.14. The van der Waals surface area contributed by atoms with E-state index in [-0.39, 0.29) is 24.0 Å². The quantitative estimate of drug-likeness (QED) is 0.319.